The predicted molar refractivity (Wildman–Crippen MR) is 113 cm³/mol. The molecule has 2 saturated heterocycles. The maximum absolute atomic E-state index is 12.7. The van der Waals surface area contributed by atoms with Crippen LogP contribution in [0.3, 0.4) is 0 Å². The van der Waals surface area contributed by atoms with Crippen LogP contribution in [0.15, 0.2) is 53.3 Å². The Hall–Kier alpha value is -1.92. The number of piperidine rings is 2. The summed E-state index contributed by atoms with van der Waals surface area (Å²) in [6, 6.07) is 12.1. The molecule has 3 heterocycles. The normalized spacial score (nSPS) is 19.5. The van der Waals surface area contributed by atoms with Crippen LogP contribution in [0.1, 0.15) is 36.0 Å². The molecule has 1 aromatic carbocycles. The molecule has 0 saturated carbocycles. The summed E-state index contributed by atoms with van der Waals surface area (Å²) >= 11 is 3.45. The lowest BCUT2D eigenvalue weighted by molar-refractivity contribution is 0.0425. The summed E-state index contributed by atoms with van der Waals surface area (Å²) < 4.78 is 7.02. The number of benzene rings is 1. The van der Waals surface area contributed by atoms with Crippen LogP contribution in [-0.4, -0.2) is 59.0 Å². The molecule has 1 amide bonds. The molecule has 4 rings (SSSR count). The Morgan fingerprint density at radius 3 is 2.39 bits per heavy atom. The molecular formula is C22H26BrN3O2. The van der Waals surface area contributed by atoms with E-state index >= 15 is 0 Å². The predicted octanol–water partition coefficient (Wildman–Crippen LogP) is 3.99. The number of aromatic nitrogens is 1. The van der Waals surface area contributed by atoms with Crippen LogP contribution in [0.5, 0.6) is 5.75 Å². The van der Waals surface area contributed by atoms with Crippen molar-refractivity contribution in [3.05, 3.63) is 58.8 Å². The van der Waals surface area contributed by atoms with Gasteiger partial charge >= 0.3 is 0 Å². The third-order valence-corrected chi connectivity index (χ3v) is 6.26. The van der Waals surface area contributed by atoms with Gasteiger partial charge in [-0.1, -0.05) is 22.0 Å². The van der Waals surface area contributed by atoms with Gasteiger partial charge in [-0.3, -0.25) is 14.7 Å². The van der Waals surface area contributed by atoms with E-state index in [0.29, 0.717) is 6.04 Å². The molecule has 6 heteroatoms. The number of halogens is 1. The van der Waals surface area contributed by atoms with Crippen molar-refractivity contribution in [1.29, 1.82) is 0 Å². The van der Waals surface area contributed by atoms with Crippen LogP contribution in [-0.2, 0) is 0 Å². The minimum absolute atomic E-state index is 0.143. The van der Waals surface area contributed by atoms with Gasteiger partial charge in [0.2, 0.25) is 0 Å². The standard InChI is InChI=1S/C22H26BrN3O2/c23-18-3-1-2-17(16-18)22(27)26-12-6-19(7-13-26)25-14-8-21(9-15-25)28-20-4-10-24-11-5-20/h1-5,10-11,16,19,21H,6-9,12-15H2. The average Bonchev–Trinajstić information content (AvgIpc) is 2.75. The topological polar surface area (TPSA) is 45.7 Å². The second-order valence-electron chi connectivity index (χ2n) is 7.57. The molecule has 5 nitrogen and oxygen atoms in total. The largest absolute Gasteiger partial charge is 0.490 e. The first-order chi connectivity index (χ1) is 13.7. The van der Waals surface area contributed by atoms with Gasteiger partial charge < -0.3 is 9.64 Å². The van der Waals surface area contributed by atoms with Crippen molar-refractivity contribution in [3.8, 4) is 5.75 Å². The first kappa shape index (κ1) is 19.4. The van der Waals surface area contributed by atoms with Crippen molar-refractivity contribution >= 4 is 21.8 Å². The Balaban J connectivity index is 1.24. The quantitative estimate of drug-likeness (QED) is 0.716. The second-order valence-corrected chi connectivity index (χ2v) is 8.49. The molecule has 1 aromatic heterocycles. The highest BCUT2D eigenvalue weighted by molar-refractivity contribution is 9.10. The van der Waals surface area contributed by atoms with Crippen LogP contribution in [0, 0.1) is 0 Å². The Kier molecular flexibility index (Phi) is 6.27. The first-order valence-electron chi connectivity index (χ1n) is 10.0. The van der Waals surface area contributed by atoms with E-state index < -0.39 is 0 Å². The number of ether oxygens (including phenoxy) is 1. The second kappa shape index (κ2) is 9.05. The summed E-state index contributed by atoms with van der Waals surface area (Å²) in [6.07, 6.45) is 8.04. The van der Waals surface area contributed by atoms with Crippen molar-refractivity contribution in [2.24, 2.45) is 0 Å². The van der Waals surface area contributed by atoms with Gasteiger partial charge in [-0.15, -0.1) is 0 Å². The summed E-state index contributed by atoms with van der Waals surface area (Å²) in [5.74, 6) is 1.05. The number of carbonyl (C=O) groups is 1. The average molecular weight is 444 g/mol. The van der Waals surface area contributed by atoms with Gasteiger partial charge in [0.25, 0.3) is 5.91 Å². The fraction of sp³-hybridized carbons (Fsp3) is 0.455. The van der Waals surface area contributed by atoms with Crippen LogP contribution in [0.4, 0.5) is 0 Å². The molecular weight excluding hydrogens is 418 g/mol. The minimum atomic E-state index is 0.143. The Morgan fingerprint density at radius 1 is 1.00 bits per heavy atom. The lowest BCUT2D eigenvalue weighted by Crippen LogP contribution is -2.50. The van der Waals surface area contributed by atoms with E-state index in [1.165, 1.54) is 0 Å². The van der Waals surface area contributed by atoms with Crippen molar-refractivity contribution in [2.45, 2.75) is 37.8 Å². The number of nitrogens with zero attached hydrogens (tertiary/aromatic N) is 3. The van der Waals surface area contributed by atoms with Crippen molar-refractivity contribution in [3.63, 3.8) is 0 Å². The minimum Gasteiger partial charge on any atom is -0.490 e. The lowest BCUT2D eigenvalue weighted by Gasteiger charge is -2.41. The van der Waals surface area contributed by atoms with Gasteiger partial charge in [-0.25, -0.2) is 0 Å². The van der Waals surface area contributed by atoms with Gasteiger partial charge in [0.05, 0.1) is 0 Å². The van der Waals surface area contributed by atoms with Gasteiger partial charge in [0.15, 0.2) is 0 Å². The van der Waals surface area contributed by atoms with Crippen molar-refractivity contribution in [1.82, 2.24) is 14.8 Å². The highest BCUT2D eigenvalue weighted by Gasteiger charge is 2.30. The smallest absolute Gasteiger partial charge is 0.253 e. The molecule has 148 valence electrons. The molecule has 0 aliphatic carbocycles. The van der Waals surface area contributed by atoms with Gasteiger partial charge in [-0.05, 0) is 56.0 Å². The molecule has 0 radical (unpaired) electrons. The third-order valence-electron chi connectivity index (χ3n) is 5.77. The van der Waals surface area contributed by atoms with Crippen LogP contribution >= 0.6 is 15.9 Å². The number of likely N-dealkylation sites (tertiary alicyclic amines) is 2. The van der Waals surface area contributed by atoms with E-state index in [4.69, 9.17) is 4.74 Å². The lowest BCUT2D eigenvalue weighted by atomic mass is 9.98. The van der Waals surface area contributed by atoms with Crippen LogP contribution < -0.4 is 4.74 Å². The molecule has 0 N–H and O–H groups in total. The highest BCUT2D eigenvalue weighted by Crippen LogP contribution is 2.24. The molecule has 2 aliphatic rings. The summed E-state index contributed by atoms with van der Waals surface area (Å²) in [7, 11) is 0. The number of hydrogen-bond donors (Lipinski definition) is 0. The molecule has 2 aliphatic heterocycles. The maximum atomic E-state index is 12.7. The van der Waals surface area contributed by atoms with E-state index in [-0.39, 0.29) is 12.0 Å². The maximum Gasteiger partial charge on any atom is 0.253 e. The van der Waals surface area contributed by atoms with Gasteiger partial charge in [0.1, 0.15) is 11.9 Å². The van der Waals surface area contributed by atoms with E-state index in [2.05, 4.69) is 25.8 Å². The van der Waals surface area contributed by atoms with Crippen LogP contribution in [0.2, 0.25) is 0 Å². The number of pyridine rings is 1. The van der Waals surface area contributed by atoms with Gasteiger partial charge in [0, 0.05) is 54.7 Å². The van der Waals surface area contributed by atoms with Crippen molar-refractivity contribution < 1.29 is 9.53 Å². The highest BCUT2D eigenvalue weighted by atomic mass is 79.9. The number of amides is 1. The monoisotopic (exact) mass is 443 g/mol. The summed E-state index contributed by atoms with van der Waals surface area (Å²) in [6.45, 7) is 3.81. The SMILES string of the molecule is O=C(c1cccc(Br)c1)N1CCC(N2CCC(Oc3ccncc3)CC2)CC1. The summed E-state index contributed by atoms with van der Waals surface area (Å²) in [5.41, 5.74) is 0.766. The zero-order chi connectivity index (χ0) is 19.3. The number of rotatable bonds is 4. The number of hydrogen-bond acceptors (Lipinski definition) is 4. The molecule has 28 heavy (non-hydrogen) atoms. The zero-order valence-corrected chi connectivity index (χ0v) is 17.6. The fourth-order valence-electron chi connectivity index (χ4n) is 4.21. The van der Waals surface area contributed by atoms with E-state index in [1.807, 2.05) is 41.3 Å². The first-order valence-corrected chi connectivity index (χ1v) is 10.8. The molecule has 0 unspecified atom stereocenters. The van der Waals surface area contributed by atoms with Crippen LogP contribution in [0.25, 0.3) is 0 Å². The Morgan fingerprint density at radius 2 is 1.71 bits per heavy atom. The van der Waals surface area contributed by atoms with Crippen molar-refractivity contribution in [2.75, 3.05) is 26.2 Å². The molecule has 2 aromatic rings. The third kappa shape index (κ3) is 4.73. The summed E-state index contributed by atoms with van der Waals surface area (Å²) in [5, 5.41) is 0. The van der Waals surface area contributed by atoms with E-state index in [0.717, 1.165) is 67.6 Å². The van der Waals surface area contributed by atoms with Gasteiger partial charge in [-0.2, -0.15) is 0 Å². The Bertz CT molecular complexity index is 785. The zero-order valence-electron chi connectivity index (χ0n) is 16.0. The van der Waals surface area contributed by atoms with E-state index in [9.17, 15) is 4.79 Å². The molecule has 0 bridgehead atoms. The molecule has 0 atom stereocenters. The Labute approximate surface area is 174 Å². The number of carbonyl (C=O) groups excluding carboxylic acids is 1. The summed E-state index contributed by atoms with van der Waals surface area (Å²) in [4.78, 5) is 21.3. The van der Waals surface area contributed by atoms with E-state index in [1.54, 1.807) is 12.4 Å². The molecule has 2 fully saturated rings. The fourth-order valence-corrected chi connectivity index (χ4v) is 4.61. The molecule has 0 spiro atoms.